The SMILES string of the molecule is NC(N)=NCCc1cc2c3c(c1)CC3(O)c1cc(CCN=C(N)N)cc(c1O)C1(O)c3cc(CCN=C(N)N)cc(c3O)CCc3cc(CCN=C(N)N)cc(c31)C2. The van der Waals surface area contributed by atoms with E-state index in [1.807, 2.05) is 30.3 Å². The van der Waals surface area contributed by atoms with E-state index < -0.39 is 11.2 Å². The molecule has 0 saturated heterocycles. The molecule has 20 N–H and O–H groups in total. The van der Waals surface area contributed by atoms with Gasteiger partial charge in [0.15, 0.2) is 23.8 Å². The van der Waals surface area contributed by atoms with Gasteiger partial charge < -0.3 is 66.3 Å². The number of nitrogens with zero attached hydrogens (tertiary/aromatic N) is 4. The molecule has 4 aromatic carbocycles. The van der Waals surface area contributed by atoms with Crippen LogP contribution in [-0.2, 0) is 62.6 Å². The summed E-state index contributed by atoms with van der Waals surface area (Å²) in [5.74, 6) is -0.552. The van der Waals surface area contributed by atoms with Gasteiger partial charge in [0.2, 0.25) is 0 Å². The molecule has 0 saturated carbocycles. The quantitative estimate of drug-likeness (QED) is 0.0635. The molecule has 4 bridgehead atoms. The highest BCUT2D eigenvalue weighted by Gasteiger charge is 2.51. The second kappa shape index (κ2) is 15.4. The van der Waals surface area contributed by atoms with Crippen LogP contribution in [0.25, 0.3) is 0 Å². The summed E-state index contributed by atoms with van der Waals surface area (Å²) < 4.78 is 0. The van der Waals surface area contributed by atoms with Crippen molar-refractivity contribution in [2.45, 2.75) is 62.6 Å². The third kappa shape index (κ3) is 7.39. The number of aromatic hydroxyl groups is 2. The molecule has 0 aliphatic heterocycles. The molecule has 304 valence electrons. The van der Waals surface area contributed by atoms with Crippen LogP contribution in [0.2, 0.25) is 0 Å². The summed E-state index contributed by atoms with van der Waals surface area (Å²) in [5, 5.41) is 51.5. The first-order valence-corrected chi connectivity index (χ1v) is 19.3. The Kier molecular flexibility index (Phi) is 10.6. The summed E-state index contributed by atoms with van der Waals surface area (Å²) in [7, 11) is 0. The number of phenolic OH excluding ortho intramolecular Hbond substituents is 2. The Balaban J connectivity index is 1.56. The van der Waals surface area contributed by atoms with E-state index in [0.29, 0.717) is 80.3 Å². The molecule has 4 aromatic rings. The van der Waals surface area contributed by atoms with Gasteiger partial charge in [0.25, 0.3) is 0 Å². The largest absolute Gasteiger partial charge is 0.507 e. The molecule has 7 rings (SSSR count). The van der Waals surface area contributed by atoms with Gasteiger partial charge in [-0.05, 0) is 124 Å². The van der Waals surface area contributed by atoms with E-state index in [-0.39, 0.29) is 71.5 Å². The second-order valence-electron chi connectivity index (χ2n) is 15.4. The van der Waals surface area contributed by atoms with Gasteiger partial charge in [-0.1, -0.05) is 30.3 Å². The molecular weight excluding hydrogens is 737 g/mol. The minimum atomic E-state index is -2.15. The van der Waals surface area contributed by atoms with E-state index in [0.717, 1.165) is 38.9 Å². The molecular formula is C42H52N12O4. The van der Waals surface area contributed by atoms with Crippen molar-refractivity contribution in [3.63, 3.8) is 0 Å². The monoisotopic (exact) mass is 788 g/mol. The van der Waals surface area contributed by atoms with Gasteiger partial charge in [-0.15, -0.1) is 0 Å². The van der Waals surface area contributed by atoms with E-state index in [2.05, 4.69) is 20.0 Å². The lowest BCUT2D eigenvalue weighted by Crippen LogP contribution is -2.43. The van der Waals surface area contributed by atoms with E-state index in [4.69, 9.17) is 45.9 Å². The topological polar surface area (TPSA) is 339 Å². The lowest BCUT2D eigenvalue weighted by Gasteiger charge is -2.45. The van der Waals surface area contributed by atoms with Crippen molar-refractivity contribution >= 4 is 23.8 Å². The van der Waals surface area contributed by atoms with Crippen LogP contribution in [0.3, 0.4) is 0 Å². The fraction of sp³-hybridized carbons (Fsp3) is 0.333. The first kappa shape index (κ1) is 39.7. The summed E-state index contributed by atoms with van der Waals surface area (Å²) in [4.78, 5) is 16.8. The van der Waals surface area contributed by atoms with Gasteiger partial charge in [-0.25, -0.2) is 0 Å². The van der Waals surface area contributed by atoms with Crippen molar-refractivity contribution in [2.24, 2.45) is 65.8 Å². The summed E-state index contributed by atoms with van der Waals surface area (Å²) in [5.41, 5.74) is 50.5. The smallest absolute Gasteiger partial charge is 0.185 e. The molecule has 0 fully saturated rings. The fourth-order valence-corrected chi connectivity index (χ4v) is 9.01. The summed E-state index contributed by atoms with van der Waals surface area (Å²) >= 11 is 0. The second-order valence-corrected chi connectivity index (χ2v) is 15.4. The van der Waals surface area contributed by atoms with Crippen LogP contribution in [0.15, 0.2) is 68.5 Å². The number of fused-ring (bicyclic) bond motifs is 7. The predicted octanol–water partition coefficient (Wildman–Crippen LogP) is -0.560. The minimum absolute atomic E-state index is 0.00571. The summed E-state index contributed by atoms with van der Waals surface area (Å²) in [6.45, 7) is 1.18. The van der Waals surface area contributed by atoms with Crippen molar-refractivity contribution in [1.29, 1.82) is 0 Å². The number of phenols is 2. The van der Waals surface area contributed by atoms with E-state index >= 15 is 0 Å². The molecule has 0 heterocycles. The average molecular weight is 789 g/mol. The Morgan fingerprint density at radius 1 is 0.466 bits per heavy atom. The van der Waals surface area contributed by atoms with Crippen LogP contribution in [-0.4, -0.2) is 70.4 Å². The van der Waals surface area contributed by atoms with Crippen LogP contribution in [0, 0.1) is 0 Å². The van der Waals surface area contributed by atoms with Gasteiger partial charge in [0.05, 0.1) is 0 Å². The maximum absolute atomic E-state index is 13.9. The maximum atomic E-state index is 13.9. The van der Waals surface area contributed by atoms with Crippen LogP contribution < -0.4 is 45.9 Å². The van der Waals surface area contributed by atoms with E-state index in [9.17, 15) is 20.4 Å². The normalized spacial score (nSPS) is 18.2. The molecule has 2 atom stereocenters. The predicted molar refractivity (Wildman–Crippen MR) is 226 cm³/mol. The van der Waals surface area contributed by atoms with Crippen molar-refractivity contribution in [3.8, 4) is 11.5 Å². The van der Waals surface area contributed by atoms with Crippen molar-refractivity contribution in [3.05, 3.63) is 126 Å². The van der Waals surface area contributed by atoms with Gasteiger partial charge in [-0.2, -0.15) is 0 Å². The number of aryl methyl sites for hydroxylation is 2. The number of aliphatic hydroxyl groups is 2. The highest BCUT2D eigenvalue weighted by Crippen LogP contribution is 2.56. The van der Waals surface area contributed by atoms with Crippen molar-refractivity contribution < 1.29 is 20.4 Å². The molecule has 0 amide bonds. The Bertz CT molecular complexity index is 2410. The third-order valence-corrected chi connectivity index (χ3v) is 11.4. The number of hydrogen-bond acceptors (Lipinski definition) is 8. The van der Waals surface area contributed by atoms with Crippen LogP contribution in [0.1, 0.15) is 77.9 Å². The van der Waals surface area contributed by atoms with Gasteiger partial charge >= 0.3 is 0 Å². The first-order chi connectivity index (χ1) is 27.6. The third-order valence-electron chi connectivity index (χ3n) is 11.4. The number of hydrogen-bond donors (Lipinski definition) is 12. The van der Waals surface area contributed by atoms with Crippen LogP contribution in [0.4, 0.5) is 0 Å². The number of aliphatic imine (C=N–C) groups is 4. The number of nitrogens with two attached hydrogens (primary N) is 8. The Labute approximate surface area is 336 Å². The molecule has 3 aliphatic rings. The average Bonchev–Trinajstić information content (AvgIpc) is 3.13. The molecule has 16 heteroatoms. The molecule has 0 spiro atoms. The van der Waals surface area contributed by atoms with Crippen molar-refractivity contribution in [1.82, 2.24) is 0 Å². The zero-order valence-corrected chi connectivity index (χ0v) is 32.3. The van der Waals surface area contributed by atoms with Gasteiger partial charge in [0.1, 0.15) is 22.7 Å². The molecule has 3 aliphatic carbocycles. The Morgan fingerprint density at radius 3 is 1.36 bits per heavy atom. The number of rotatable bonds is 12. The number of benzene rings is 4. The summed E-state index contributed by atoms with van der Waals surface area (Å²) in [6, 6.07) is 15.2. The highest BCUT2D eigenvalue weighted by molar-refractivity contribution is 5.77. The first-order valence-electron chi connectivity index (χ1n) is 19.3. The lowest BCUT2D eigenvalue weighted by atomic mass is 9.62. The Hall–Kier alpha value is -6.52. The molecule has 58 heavy (non-hydrogen) atoms. The molecule has 16 nitrogen and oxygen atoms in total. The van der Waals surface area contributed by atoms with Crippen molar-refractivity contribution in [2.75, 3.05) is 26.2 Å². The van der Waals surface area contributed by atoms with Gasteiger partial charge in [-0.3, -0.25) is 20.0 Å². The van der Waals surface area contributed by atoms with E-state index in [1.165, 1.54) is 0 Å². The standard InChI is InChI=1S/C42H52N12O4/c43-37(44)51-7-3-21-11-25-1-2-26-12-23(5-9-53-39(47)48)17-31(35(26)55)42(58)32-18-24(6-10-54-40(49)50)16-30(36(32)56)41(57)20-29-15-22(4-8-52-38(45)46)13-27(33(29)41)19-28(14-21)34(25)42/h11-18,55-58H,1-10,19-20H2,(H4,43,44,51)(H4,45,46,52)(H4,47,48,53)(H4,49,50,54). The summed E-state index contributed by atoms with van der Waals surface area (Å²) in [6.07, 6.45) is 3.12. The number of guanidine groups is 4. The zero-order chi connectivity index (χ0) is 41.5. The maximum Gasteiger partial charge on any atom is 0.185 e. The molecule has 0 radical (unpaired) electrons. The lowest BCUT2D eigenvalue weighted by molar-refractivity contribution is 0.0510. The minimum Gasteiger partial charge on any atom is -0.507 e. The van der Waals surface area contributed by atoms with Crippen LogP contribution in [0.5, 0.6) is 11.5 Å². The van der Waals surface area contributed by atoms with Crippen LogP contribution >= 0.6 is 0 Å². The fourth-order valence-electron chi connectivity index (χ4n) is 9.01. The molecule has 0 aromatic heterocycles. The molecule has 2 unspecified atom stereocenters. The Morgan fingerprint density at radius 2 is 0.845 bits per heavy atom. The zero-order valence-electron chi connectivity index (χ0n) is 32.3. The van der Waals surface area contributed by atoms with Gasteiger partial charge in [0, 0.05) is 49.3 Å². The highest BCUT2D eigenvalue weighted by atomic mass is 16.3. The van der Waals surface area contributed by atoms with E-state index in [1.54, 1.807) is 18.2 Å².